The van der Waals surface area contributed by atoms with Crippen LogP contribution in [0.3, 0.4) is 0 Å². The number of benzene rings is 1. The fraction of sp³-hybridized carbons (Fsp3) is 0.522. The molecule has 2 atom stereocenters. The Labute approximate surface area is 210 Å². The second kappa shape index (κ2) is 12.1. The standard InChI is InChI=1S/C23H31F2N5S.HI/c1-26-23(27-13-17-4-2-9-29(14-17)16-20-5-3-11-31-20)28-19-8-10-30(15-19)22-7-6-18(24)12-21(22)25;/h3,5-7,11-12,17,19H,2,4,8-10,13-16H2,1H3,(H2,26,27,28);1H. The summed E-state index contributed by atoms with van der Waals surface area (Å²) in [6.45, 7) is 5.60. The molecule has 5 nitrogen and oxygen atoms in total. The van der Waals surface area contributed by atoms with Crippen LogP contribution in [-0.2, 0) is 6.54 Å². The van der Waals surface area contributed by atoms with Crippen molar-refractivity contribution in [2.75, 3.05) is 44.7 Å². The van der Waals surface area contributed by atoms with Crippen molar-refractivity contribution in [1.82, 2.24) is 15.5 Å². The Morgan fingerprint density at radius 3 is 2.81 bits per heavy atom. The van der Waals surface area contributed by atoms with Crippen molar-refractivity contribution >= 4 is 47.0 Å². The number of halogens is 3. The Kier molecular flexibility index (Phi) is 9.54. The van der Waals surface area contributed by atoms with Gasteiger partial charge in [0, 0.05) is 56.8 Å². The van der Waals surface area contributed by atoms with Gasteiger partial charge in [-0.2, -0.15) is 0 Å². The zero-order valence-corrected chi connectivity index (χ0v) is 21.5. The lowest BCUT2D eigenvalue weighted by molar-refractivity contribution is 0.169. The lowest BCUT2D eigenvalue weighted by Gasteiger charge is -2.33. The SMILES string of the molecule is CN=C(NCC1CCCN(Cc2cccs2)C1)NC1CCN(c2ccc(F)cc2F)C1.I. The average molecular weight is 576 g/mol. The molecule has 3 heterocycles. The highest BCUT2D eigenvalue weighted by atomic mass is 127. The summed E-state index contributed by atoms with van der Waals surface area (Å²) in [5, 5.41) is 9.11. The van der Waals surface area contributed by atoms with Crippen molar-refractivity contribution in [3.8, 4) is 0 Å². The molecule has 2 aromatic rings. The molecule has 0 bridgehead atoms. The fourth-order valence-corrected chi connectivity index (χ4v) is 5.29. The molecule has 0 spiro atoms. The number of hydrogen-bond acceptors (Lipinski definition) is 4. The summed E-state index contributed by atoms with van der Waals surface area (Å²) < 4.78 is 27.3. The number of anilines is 1. The number of guanidine groups is 1. The van der Waals surface area contributed by atoms with Crippen LogP contribution < -0.4 is 15.5 Å². The molecule has 0 aliphatic carbocycles. The van der Waals surface area contributed by atoms with E-state index >= 15 is 0 Å². The van der Waals surface area contributed by atoms with Gasteiger partial charge in [0.1, 0.15) is 11.6 Å². The Bertz CT molecular complexity index is 879. The van der Waals surface area contributed by atoms with Crippen molar-refractivity contribution in [2.45, 2.75) is 31.8 Å². The number of likely N-dealkylation sites (tertiary alicyclic amines) is 1. The van der Waals surface area contributed by atoms with Gasteiger partial charge in [-0.25, -0.2) is 8.78 Å². The van der Waals surface area contributed by atoms with Crippen molar-refractivity contribution in [3.63, 3.8) is 0 Å². The van der Waals surface area contributed by atoms with Crippen molar-refractivity contribution in [3.05, 3.63) is 52.2 Å². The zero-order valence-electron chi connectivity index (χ0n) is 18.4. The molecule has 2 aliphatic rings. The van der Waals surface area contributed by atoms with Crippen molar-refractivity contribution in [1.29, 1.82) is 0 Å². The molecule has 0 saturated carbocycles. The molecule has 2 aliphatic heterocycles. The number of piperidine rings is 1. The third-order valence-corrected chi connectivity index (χ3v) is 6.99. The number of thiophene rings is 1. The molecule has 4 rings (SSSR count). The number of hydrogen-bond donors (Lipinski definition) is 2. The van der Waals surface area contributed by atoms with Gasteiger partial charge < -0.3 is 15.5 Å². The first kappa shape index (κ1) is 25.2. The molecule has 1 aromatic heterocycles. The lowest BCUT2D eigenvalue weighted by Crippen LogP contribution is -2.47. The molecule has 176 valence electrons. The predicted octanol–water partition coefficient (Wildman–Crippen LogP) is 4.30. The third-order valence-electron chi connectivity index (χ3n) is 6.12. The first-order chi connectivity index (χ1) is 15.1. The molecule has 1 aromatic carbocycles. The zero-order chi connectivity index (χ0) is 21.6. The van der Waals surface area contributed by atoms with Gasteiger partial charge in [0.15, 0.2) is 5.96 Å². The third kappa shape index (κ3) is 6.77. The molecule has 2 N–H and O–H groups in total. The Balaban J connectivity index is 0.00000289. The summed E-state index contributed by atoms with van der Waals surface area (Å²) in [6.07, 6.45) is 3.34. The van der Waals surface area contributed by atoms with E-state index < -0.39 is 11.6 Å². The van der Waals surface area contributed by atoms with E-state index in [2.05, 4.69) is 38.0 Å². The van der Waals surface area contributed by atoms with Gasteiger partial charge in [0.05, 0.1) is 5.69 Å². The fourth-order valence-electron chi connectivity index (χ4n) is 4.55. The summed E-state index contributed by atoms with van der Waals surface area (Å²) in [5.41, 5.74) is 0.460. The summed E-state index contributed by atoms with van der Waals surface area (Å²) in [7, 11) is 1.78. The Morgan fingerprint density at radius 1 is 1.19 bits per heavy atom. The van der Waals surface area contributed by atoms with E-state index in [1.807, 2.05) is 16.2 Å². The van der Waals surface area contributed by atoms with Crippen LogP contribution in [0, 0.1) is 17.6 Å². The molecular formula is C23H32F2IN5S. The van der Waals surface area contributed by atoms with Crippen LogP contribution >= 0.6 is 35.3 Å². The highest BCUT2D eigenvalue weighted by molar-refractivity contribution is 14.0. The number of aliphatic imine (C=N–C) groups is 1. The van der Waals surface area contributed by atoms with Crippen molar-refractivity contribution < 1.29 is 8.78 Å². The topological polar surface area (TPSA) is 42.9 Å². The Morgan fingerprint density at radius 2 is 2.06 bits per heavy atom. The molecule has 9 heteroatoms. The maximum absolute atomic E-state index is 14.1. The van der Waals surface area contributed by atoms with Gasteiger partial charge in [-0.15, -0.1) is 35.3 Å². The maximum Gasteiger partial charge on any atom is 0.191 e. The Hall–Kier alpha value is -1.46. The van der Waals surface area contributed by atoms with Gasteiger partial charge in [0.2, 0.25) is 0 Å². The van der Waals surface area contributed by atoms with Gasteiger partial charge in [-0.05, 0) is 55.3 Å². The molecule has 0 amide bonds. The van der Waals surface area contributed by atoms with E-state index in [0.29, 0.717) is 18.2 Å². The molecule has 0 radical (unpaired) electrons. The number of rotatable bonds is 6. The van der Waals surface area contributed by atoms with Crippen LogP contribution in [0.25, 0.3) is 0 Å². The van der Waals surface area contributed by atoms with Crippen LogP contribution in [0.2, 0.25) is 0 Å². The van der Waals surface area contributed by atoms with Gasteiger partial charge in [0.25, 0.3) is 0 Å². The van der Waals surface area contributed by atoms with Gasteiger partial charge >= 0.3 is 0 Å². The number of nitrogens with zero attached hydrogens (tertiary/aromatic N) is 3. The smallest absolute Gasteiger partial charge is 0.191 e. The monoisotopic (exact) mass is 575 g/mol. The first-order valence-corrected chi connectivity index (χ1v) is 11.9. The van der Waals surface area contributed by atoms with Crippen LogP contribution in [0.4, 0.5) is 14.5 Å². The second-order valence-corrected chi connectivity index (χ2v) is 9.48. The largest absolute Gasteiger partial charge is 0.367 e. The summed E-state index contributed by atoms with van der Waals surface area (Å²) in [4.78, 5) is 10.3. The maximum atomic E-state index is 14.1. The summed E-state index contributed by atoms with van der Waals surface area (Å²) in [6, 6.07) is 8.28. The number of nitrogens with one attached hydrogen (secondary N) is 2. The molecule has 32 heavy (non-hydrogen) atoms. The molecule has 2 saturated heterocycles. The van der Waals surface area contributed by atoms with E-state index in [4.69, 9.17) is 0 Å². The van der Waals surface area contributed by atoms with E-state index in [1.165, 1.54) is 36.4 Å². The lowest BCUT2D eigenvalue weighted by atomic mass is 9.98. The summed E-state index contributed by atoms with van der Waals surface area (Å²) in [5.74, 6) is 0.339. The minimum Gasteiger partial charge on any atom is -0.367 e. The quantitative estimate of drug-likeness (QED) is 0.307. The summed E-state index contributed by atoms with van der Waals surface area (Å²) >= 11 is 1.83. The van der Waals surface area contributed by atoms with Crippen LogP contribution in [0.1, 0.15) is 24.1 Å². The van der Waals surface area contributed by atoms with E-state index in [9.17, 15) is 8.78 Å². The molecular weight excluding hydrogens is 543 g/mol. The van der Waals surface area contributed by atoms with E-state index in [1.54, 1.807) is 7.05 Å². The first-order valence-electron chi connectivity index (χ1n) is 11.0. The van der Waals surface area contributed by atoms with E-state index in [-0.39, 0.29) is 30.0 Å². The van der Waals surface area contributed by atoms with Gasteiger partial charge in [-0.3, -0.25) is 9.89 Å². The average Bonchev–Trinajstić information content (AvgIpc) is 3.43. The van der Waals surface area contributed by atoms with Crippen LogP contribution in [-0.4, -0.2) is 56.7 Å². The van der Waals surface area contributed by atoms with E-state index in [0.717, 1.165) is 44.6 Å². The second-order valence-electron chi connectivity index (χ2n) is 8.45. The minimum absolute atomic E-state index is 0. The predicted molar refractivity (Wildman–Crippen MR) is 139 cm³/mol. The van der Waals surface area contributed by atoms with Crippen LogP contribution in [0.5, 0.6) is 0 Å². The normalized spacial score (nSPS) is 22.0. The molecule has 2 fully saturated rings. The van der Waals surface area contributed by atoms with Crippen molar-refractivity contribution in [2.24, 2.45) is 10.9 Å². The van der Waals surface area contributed by atoms with Gasteiger partial charge in [-0.1, -0.05) is 6.07 Å². The highest BCUT2D eigenvalue weighted by Crippen LogP contribution is 2.24. The minimum atomic E-state index is -0.545. The molecule has 2 unspecified atom stereocenters. The van der Waals surface area contributed by atoms with Crippen LogP contribution in [0.15, 0.2) is 40.7 Å². The highest BCUT2D eigenvalue weighted by Gasteiger charge is 2.26.